The number of benzene rings is 1. The Morgan fingerprint density at radius 1 is 1.14 bits per heavy atom. The molecule has 0 spiro atoms. The Hall–Kier alpha value is -3.03. The van der Waals surface area contributed by atoms with Gasteiger partial charge in [-0.3, -0.25) is 4.57 Å². The highest BCUT2D eigenvalue weighted by Crippen LogP contribution is 2.21. The summed E-state index contributed by atoms with van der Waals surface area (Å²) in [7, 11) is 0. The lowest BCUT2D eigenvalue weighted by Gasteiger charge is -2.28. The van der Waals surface area contributed by atoms with Gasteiger partial charge in [-0.2, -0.15) is 9.97 Å². The van der Waals surface area contributed by atoms with Crippen LogP contribution in [0.2, 0.25) is 0 Å². The van der Waals surface area contributed by atoms with Crippen LogP contribution in [0.25, 0.3) is 11.2 Å². The molecule has 154 valence electrons. The van der Waals surface area contributed by atoms with Gasteiger partial charge in [0.25, 0.3) is 0 Å². The van der Waals surface area contributed by atoms with Crippen molar-refractivity contribution in [3.8, 4) is 0 Å². The Morgan fingerprint density at radius 3 is 2.62 bits per heavy atom. The van der Waals surface area contributed by atoms with Crippen molar-refractivity contribution in [2.24, 2.45) is 0 Å². The minimum absolute atomic E-state index is 0.230. The molecule has 0 radical (unpaired) electrons. The largest absolute Gasteiger partial charge is 0.382 e. The molecule has 0 amide bonds. The molecule has 1 fully saturated rings. The van der Waals surface area contributed by atoms with Crippen molar-refractivity contribution in [3.05, 3.63) is 40.3 Å². The molecule has 0 saturated carbocycles. The van der Waals surface area contributed by atoms with Crippen LogP contribution in [0, 0.1) is 0 Å². The highest BCUT2D eigenvalue weighted by molar-refractivity contribution is 5.82. The quantitative estimate of drug-likeness (QED) is 0.531. The van der Waals surface area contributed by atoms with E-state index in [9.17, 15) is 4.79 Å². The number of nitrogens with two attached hydrogens (primary N) is 1. The minimum Gasteiger partial charge on any atom is -0.382 e. The highest BCUT2D eigenvalue weighted by atomic mass is 16.1. The van der Waals surface area contributed by atoms with Crippen molar-refractivity contribution in [1.82, 2.24) is 19.5 Å². The molecule has 0 unspecified atom stereocenters. The summed E-state index contributed by atoms with van der Waals surface area (Å²) in [5.41, 5.74) is 9.14. The SMILES string of the molecule is CCCCNc1nc(N)c2[nH]c(=O)n(Cc3ccc(N4CCCCC4)cc3)c2n1. The second-order valence-electron chi connectivity index (χ2n) is 7.64. The van der Waals surface area contributed by atoms with Gasteiger partial charge in [-0.15, -0.1) is 0 Å². The number of nitrogens with one attached hydrogen (secondary N) is 2. The van der Waals surface area contributed by atoms with E-state index < -0.39 is 0 Å². The van der Waals surface area contributed by atoms with Gasteiger partial charge in [-0.05, 0) is 43.4 Å². The van der Waals surface area contributed by atoms with Crippen LogP contribution in [0.5, 0.6) is 0 Å². The second-order valence-corrected chi connectivity index (χ2v) is 7.64. The number of aromatic amines is 1. The number of imidazole rings is 1. The van der Waals surface area contributed by atoms with E-state index in [2.05, 4.69) is 56.4 Å². The topological polar surface area (TPSA) is 105 Å². The summed E-state index contributed by atoms with van der Waals surface area (Å²) in [4.78, 5) is 26.6. The summed E-state index contributed by atoms with van der Waals surface area (Å²) in [5.74, 6) is 0.738. The summed E-state index contributed by atoms with van der Waals surface area (Å²) in [6.07, 6.45) is 5.92. The van der Waals surface area contributed by atoms with Gasteiger partial charge in [0.15, 0.2) is 11.5 Å². The monoisotopic (exact) mass is 395 g/mol. The molecule has 0 aliphatic carbocycles. The third kappa shape index (κ3) is 4.21. The van der Waals surface area contributed by atoms with E-state index in [1.54, 1.807) is 4.57 Å². The van der Waals surface area contributed by atoms with Crippen LogP contribution in [0.15, 0.2) is 29.1 Å². The first-order valence-electron chi connectivity index (χ1n) is 10.5. The second kappa shape index (κ2) is 8.55. The van der Waals surface area contributed by atoms with Crippen LogP contribution in [0.1, 0.15) is 44.6 Å². The van der Waals surface area contributed by atoms with Gasteiger partial charge in [0, 0.05) is 25.3 Å². The fourth-order valence-corrected chi connectivity index (χ4v) is 3.80. The number of anilines is 3. The number of piperidine rings is 1. The molecule has 4 N–H and O–H groups in total. The zero-order chi connectivity index (χ0) is 20.2. The van der Waals surface area contributed by atoms with Crippen molar-refractivity contribution >= 4 is 28.6 Å². The molecule has 3 aromatic rings. The third-order valence-electron chi connectivity index (χ3n) is 5.46. The molecule has 3 heterocycles. The van der Waals surface area contributed by atoms with E-state index in [-0.39, 0.29) is 11.5 Å². The Kier molecular flexibility index (Phi) is 5.69. The molecule has 29 heavy (non-hydrogen) atoms. The van der Waals surface area contributed by atoms with E-state index in [0.29, 0.717) is 23.7 Å². The lowest BCUT2D eigenvalue weighted by Crippen LogP contribution is -2.29. The molecule has 1 aromatic carbocycles. The highest BCUT2D eigenvalue weighted by Gasteiger charge is 2.15. The fourth-order valence-electron chi connectivity index (χ4n) is 3.80. The van der Waals surface area contributed by atoms with Gasteiger partial charge < -0.3 is 20.9 Å². The van der Waals surface area contributed by atoms with Gasteiger partial charge in [0.2, 0.25) is 5.95 Å². The first kappa shape index (κ1) is 19.3. The Morgan fingerprint density at radius 2 is 1.90 bits per heavy atom. The Bertz CT molecular complexity index is 1020. The molecule has 1 aliphatic heterocycles. The number of aromatic nitrogens is 4. The average molecular weight is 396 g/mol. The molecular weight excluding hydrogens is 366 g/mol. The molecular formula is C21H29N7O. The molecule has 4 rings (SSSR count). The van der Waals surface area contributed by atoms with Gasteiger partial charge in [-0.25, -0.2) is 4.79 Å². The van der Waals surface area contributed by atoms with E-state index >= 15 is 0 Å². The van der Waals surface area contributed by atoms with Crippen LogP contribution in [-0.4, -0.2) is 39.2 Å². The van der Waals surface area contributed by atoms with Gasteiger partial charge in [0.05, 0.1) is 6.54 Å². The maximum absolute atomic E-state index is 12.5. The Labute approximate surface area is 170 Å². The molecule has 1 saturated heterocycles. The maximum Gasteiger partial charge on any atom is 0.328 e. The van der Waals surface area contributed by atoms with E-state index in [1.807, 2.05) is 0 Å². The smallest absolute Gasteiger partial charge is 0.328 e. The number of nitrogen functional groups attached to an aromatic ring is 1. The van der Waals surface area contributed by atoms with Crippen LogP contribution >= 0.6 is 0 Å². The zero-order valence-electron chi connectivity index (χ0n) is 16.9. The van der Waals surface area contributed by atoms with Gasteiger partial charge >= 0.3 is 5.69 Å². The normalized spacial score (nSPS) is 14.4. The predicted octanol–water partition coefficient (Wildman–Crippen LogP) is 2.95. The summed E-state index contributed by atoms with van der Waals surface area (Å²) in [5, 5.41) is 3.19. The molecule has 1 aliphatic rings. The average Bonchev–Trinajstić information content (AvgIpc) is 3.05. The maximum atomic E-state index is 12.5. The van der Waals surface area contributed by atoms with Gasteiger partial charge in [0.1, 0.15) is 5.52 Å². The number of fused-ring (bicyclic) bond motifs is 1. The summed E-state index contributed by atoms with van der Waals surface area (Å²) >= 11 is 0. The lowest BCUT2D eigenvalue weighted by atomic mass is 10.1. The molecule has 2 aromatic heterocycles. The summed E-state index contributed by atoms with van der Waals surface area (Å²) in [6, 6.07) is 8.45. The summed E-state index contributed by atoms with van der Waals surface area (Å²) < 4.78 is 1.62. The van der Waals surface area contributed by atoms with E-state index in [1.165, 1.54) is 24.9 Å². The number of nitrogens with zero attached hydrogens (tertiary/aromatic N) is 4. The van der Waals surface area contributed by atoms with Crippen molar-refractivity contribution in [2.75, 3.05) is 35.6 Å². The fraction of sp³-hybridized carbons (Fsp3) is 0.476. The predicted molar refractivity (Wildman–Crippen MR) is 118 cm³/mol. The summed E-state index contributed by atoms with van der Waals surface area (Å²) in [6.45, 7) is 5.56. The first-order valence-corrected chi connectivity index (χ1v) is 10.5. The first-order chi connectivity index (χ1) is 14.2. The van der Waals surface area contributed by atoms with Crippen LogP contribution < -0.4 is 21.6 Å². The van der Waals surface area contributed by atoms with Crippen LogP contribution in [-0.2, 0) is 6.54 Å². The van der Waals surface area contributed by atoms with Crippen molar-refractivity contribution in [1.29, 1.82) is 0 Å². The number of unbranched alkanes of at least 4 members (excludes halogenated alkanes) is 1. The third-order valence-corrected chi connectivity index (χ3v) is 5.46. The van der Waals surface area contributed by atoms with E-state index in [4.69, 9.17) is 5.73 Å². The van der Waals surface area contributed by atoms with Crippen LogP contribution in [0.3, 0.4) is 0 Å². The van der Waals surface area contributed by atoms with Crippen molar-refractivity contribution in [3.63, 3.8) is 0 Å². The number of H-pyrrole nitrogens is 1. The number of hydrogen-bond donors (Lipinski definition) is 3. The molecule has 0 bridgehead atoms. The van der Waals surface area contributed by atoms with E-state index in [0.717, 1.165) is 38.0 Å². The molecule has 8 nitrogen and oxygen atoms in total. The van der Waals surface area contributed by atoms with Gasteiger partial charge in [-0.1, -0.05) is 25.5 Å². The zero-order valence-corrected chi connectivity index (χ0v) is 16.9. The number of hydrogen-bond acceptors (Lipinski definition) is 6. The Balaban J connectivity index is 1.58. The number of rotatable bonds is 7. The lowest BCUT2D eigenvalue weighted by molar-refractivity contribution is 0.578. The molecule has 0 atom stereocenters. The van der Waals surface area contributed by atoms with Crippen molar-refractivity contribution in [2.45, 2.75) is 45.6 Å². The van der Waals surface area contributed by atoms with Crippen molar-refractivity contribution < 1.29 is 0 Å². The molecule has 8 heteroatoms. The van der Waals surface area contributed by atoms with Crippen LogP contribution in [0.4, 0.5) is 17.5 Å². The standard InChI is InChI=1S/C21H29N7O/c1-2-3-11-23-20-25-18(22)17-19(26-20)28(21(29)24-17)14-15-7-9-16(10-8-15)27-12-5-4-6-13-27/h7-10H,2-6,11-14H2,1H3,(H,24,29)(H3,22,23,25,26). The minimum atomic E-state index is -0.230.